The third-order valence-electron chi connectivity index (χ3n) is 3.90. The molecule has 0 fully saturated rings. The number of nitrogens with one attached hydrogen (secondary N) is 1. The first-order valence-electron chi connectivity index (χ1n) is 8.56. The van der Waals surface area contributed by atoms with Crippen molar-refractivity contribution in [2.45, 2.75) is 11.4 Å². The number of hydrogen-bond donors (Lipinski definition) is 1. The minimum Gasteiger partial charge on any atom is -0.497 e. The number of carbonyl (C=O) groups is 1. The summed E-state index contributed by atoms with van der Waals surface area (Å²) < 4.78 is 54.4. The Labute approximate surface area is 183 Å². The van der Waals surface area contributed by atoms with Crippen LogP contribution in [0.2, 0.25) is 5.02 Å². The van der Waals surface area contributed by atoms with Gasteiger partial charge in [-0.15, -0.1) is 10.2 Å². The van der Waals surface area contributed by atoms with Crippen LogP contribution in [0.5, 0.6) is 11.5 Å². The Hall–Kier alpha value is -2.92. The summed E-state index contributed by atoms with van der Waals surface area (Å²) >= 11 is 6.80. The molecule has 1 aromatic heterocycles. The van der Waals surface area contributed by atoms with Crippen LogP contribution >= 0.6 is 23.4 Å². The number of halogens is 4. The van der Waals surface area contributed by atoms with E-state index in [-0.39, 0.29) is 27.6 Å². The molecule has 0 spiro atoms. The molecule has 0 radical (unpaired) electrons. The van der Waals surface area contributed by atoms with Gasteiger partial charge in [-0.2, -0.15) is 13.2 Å². The first kappa shape index (κ1) is 22.8. The van der Waals surface area contributed by atoms with Gasteiger partial charge in [0.2, 0.25) is 11.8 Å². The molecule has 0 bridgehead atoms. The van der Waals surface area contributed by atoms with Crippen LogP contribution < -0.4 is 14.8 Å². The number of aromatic nitrogens is 2. The van der Waals surface area contributed by atoms with E-state index in [1.54, 1.807) is 18.2 Å². The summed E-state index contributed by atoms with van der Waals surface area (Å²) in [5.74, 6) is 0.462. The molecule has 1 amide bonds. The number of methoxy groups -OCH3 is 2. The Morgan fingerprint density at radius 1 is 1.13 bits per heavy atom. The maximum atomic E-state index is 12.8. The quantitative estimate of drug-likeness (QED) is 0.474. The second kappa shape index (κ2) is 9.48. The minimum absolute atomic E-state index is 0.0154. The molecule has 1 heterocycles. The number of nitrogens with zero attached hydrogens (tertiary/aromatic N) is 2. The van der Waals surface area contributed by atoms with Crippen molar-refractivity contribution in [3.05, 3.63) is 47.0 Å². The zero-order valence-corrected chi connectivity index (χ0v) is 17.7. The van der Waals surface area contributed by atoms with E-state index in [9.17, 15) is 18.0 Å². The summed E-state index contributed by atoms with van der Waals surface area (Å²) in [6, 6.07) is 7.70. The SMILES string of the molecule is COc1cc(OC)cc(-c2nnc(SCC(=O)Nc3cc(C(F)(F)F)ccc3Cl)o2)c1. The number of carbonyl (C=O) groups excluding carboxylic acids is 1. The number of alkyl halides is 3. The largest absolute Gasteiger partial charge is 0.497 e. The van der Waals surface area contributed by atoms with Gasteiger partial charge in [-0.25, -0.2) is 0 Å². The lowest BCUT2D eigenvalue weighted by atomic mass is 10.2. The highest BCUT2D eigenvalue weighted by molar-refractivity contribution is 7.99. The third-order valence-corrected chi connectivity index (χ3v) is 5.05. The predicted octanol–water partition coefficient (Wildman–Crippen LogP) is 5.16. The van der Waals surface area contributed by atoms with Crippen molar-refractivity contribution in [1.29, 1.82) is 0 Å². The molecule has 12 heteroatoms. The van der Waals surface area contributed by atoms with Gasteiger partial charge < -0.3 is 19.2 Å². The average molecular weight is 474 g/mol. The summed E-state index contributed by atoms with van der Waals surface area (Å²) in [6.45, 7) is 0. The van der Waals surface area contributed by atoms with E-state index in [1.807, 2.05) is 0 Å². The Morgan fingerprint density at radius 3 is 2.42 bits per heavy atom. The van der Waals surface area contributed by atoms with E-state index in [1.165, 1.54) is 14.2 Å². The molecular weight excluding hydrogens is 459 g/mol. The van der Waals surface area contributed by atoms with E-state index in [0.717, 1.165) is 30.0 Å². The maximum absolute atomic E-state index is 12.8. The van der Waals surface area contributed by atoms with Crippen LogP contribution in [0.25, 0.3) is 11.5 Å². The Kier molecular flexibility index (Phi) is 6.96. The monoisotopic (exact) mass is 473 g/mol. The molecule has 0 saturated heterocycles. The fraction of sp³-hybridized carbons (Fsp3) is 0.211. The smallest absolute Gasteiger partial charge is 0.416 e. The number of anilines is 1. The molecule has 0 atom stereocenters. The summed E-state index contributed by atoms with van der Waals surface area (Å²) in [6.07, 6.45) is -4.55. The first-order valence-corrected chi connectivity index (χ1v) is 9.92. The van der Waals surface area contributed by atoms with Crippen molar-refractivity contribution in [2.24, 2.45) is 0 Å². The maximum Gasteiger partial charge on any atom is 0.416 e. The van der Waals surface area contributed by atoms with E-state index in [4.69, 9.17) is 25.5 Å². The minimum atomic E-state index is -4.55. The molecule has 0 unspecified atom stereocenters. The fourth-order valence-electron chi connectivity index (χ4n) is 2.43. The van der Waals surface area contributed by atoms with Gasteiger partial charge in [0, 0.05) is 11.6 Å². The molecule has 0 aliphatic rings. The molecule has 3 aromatic rings. The van der Waals surface area contributed by atoms with E-state index < -0.39 is 17.6 Å². The Bertz CT molecular complexity index is 1070. The normalized spacial score (nSPS) is 11.3. The van der Waals surface area contributed by atoms with Crippen LogP contribution in [0.15, 0.2) is 46.0 Å². The van der Waals surface area contributed by atoms with E-state index >= 15 is 0 Å². The molecule has 164 valence electrons. The lowest BCUT2D eigenvalue weighted by Gasteiger charge is -2.11. The van der Waals surface area contributed by atoms with Crippen molar-refractivity contribution in [3.8, 4) is 23.0 Å². The molecule has 0 aliphatic carbocycles. The number of benzene rings is 2. The van der Waals surface area contributed by atoms with Crippen LogP contribution in [0, 0.1) is 0 Å². The van der Waals surface area contributed by atoms with Gasteiger partial charge in [0.05, 0.1) is 36.2 Å². The molecule has 1 N–H and O–H groups in total. The van der Waals surface area contributed by atoms with Crippen molar-refractivity contribution in [1.82, 2.24) is 10.2 Å². The van der Waals surface area contributed by atoms with Crippen LogP contribution in [-0.4, -0.2) is 36.1 Å². The lowest BCUT2D eigenvalue weighted by Crippen LogP contribution is -2.15. The van der Waals surface area contributed by atoms with Gasteiger partial charge in [-0.1, -0.05) is 23.4 Å². The van der Waals surface area contributed by atoms with Gasteiger partial charge >= 0.3 is 6.18 Å². The highest BCUT2D eigenvalue weighted by Gasteiger charge is 2.31. The van der Waals surface area contributed by atoms with Crippen LogP contribution in [0.3, 0.4) is 0 Å². The molecule has 0 aliphatic heterocycles. The number of thioether (sulfide) groups is 1. The van der Waals surface area contributed by atoms with E-state index in [2.05, 4.69) is 15.5 Å². The van der Waals surface area contributed by atoms with E-state index in [0.29, 0.717) is 17.1 Å². The van der Waals surface area contributed by atoms with Gasteiger partial charge in [0.25, 0.3) is 5.22 Å². The Balaban J connectivity index is 1.66. The van der Waals surface area contributed by atoms with Crippen molar-refractivity contribution in [3.63, 3.8) is 0 Å². The van der Waals surface area contributed by atoms with Crippen LogP contribution in [-0.2, 0) is 11.0 Å². The van der Waals surface area contributed by atoms with Gasteiger partial charge in [0.15, 0.2) is 0 Å². The van der Waals surface area contributed by atoms with Crippen molar-refractivity contribution in [2.75, 3.05) is 25.3 Å². The molecule has 7 nitrogen and oxygen atoms in total. The van der Waals surface area contributed by atoms with Crippen LogP contribution in [0.4, 0.5) is 18.9 Å². The molecular formula is C19H15ClF3N3O4S. The average Bonchev–Trinajstić information content (AvgIpc) is 3.21. The molecule has 31 heavy (non-hydrogen) atoms. The van der Waals surface area contributed by atoms with Crippen LogP contribution in [0.1, 0.15) is 5.56 Å². The van der Waals surface area contributed by atoms with Gasteiger partial charge in [0.1, 0.15) is 11.5 Å². The highest BCUT2D eigenvalue weighted by atomic mass is 35.5. The highest BCUT2D eigenvalue weighted by Crippen LogP contribution is 2.34. The summed E-state index contributed by atoms with van der Waals surface area (Å²) in [4.78, 5) is 12.1. The molecule has 3 rings (SSSR count). The predicted molar refractivity (Wildman–Crippen MR) is 109 cm³/mol. The lowest BCUT2D eigenvalue weighted by molar-refractivity contribution is -0.137. The standard InChI is InChI=1S/C19H15ClF3N3O4S/c1-28-12-5-10(6-13(8-12)29-2)17-25-26-18(30-17)31-9-16(27)24-15-7-11(19(21,22)23)3-4-14(15)20/h3-8H,9H2,1-2H3,(H,24,27). The second-order valence-corrected chi connectivity index (χ2v) is 7.34. The second-order valence-electron chi connectivity index (χ2n) is 6.00. The number of amides is 1. The zero-order chi connectivity index (χ0) is 22.6. The zero-order valence-electron chi connectivity index (χ0n) is 16.1. The summed E-state index contributed by atoms with van der Waals surface area (Å²) in [5.41, 5.74) is -0.511. The fourth-order valence-corrected chi connectivity index (χ4v) is 3.15. The third kappa shape index (κ3) is 5.82. The number of rotatable bonds is 7. The topological polar surface area (TPSA) is 86.5 Å². The van der Waals surface area contributed by atoms with Gasteiger partial charge in [-0.05, 0) is 30.3 Å². The molecule has 2 aromatic carbocycles. The Morgan fingerprint density at radius 2 is 1.81 bits per heavy atom. The van der Waals surface area contributed by atoms with Crippen molar-refractivity contribution >= 4 is 35.0 Å². The van der Waals surface area contributed by atoms with Gasteiger partial charge in [-0.3, -0.25) is 4.79 Å². The molecule has 0 saturated carbocycles. The van der Waals surface area contributed by atoms with Crippen molar-refractivity contribution < 1.29 is 31.9 Å². The summed E-state index contributed by atoms with van der Waals surface area (Å²) in [5, 5.41) is 10.2. The number of ether oxygens (including phenoxy) is 2. The first-order chi connectivity index (χ1) is 14.7. The number of hydrogen-bond acceptors (Lipinski definition) is 7. The summed E-state index contributed by atoms with van der Waals surface area (Å²) in [7, 11) is 3.01.